The average molecular weight is 593 g/mol. The Balaban J connectivity index is 0.00000108. The third kappa shape index (κ3) is 9.60. The Morgan fingerprint density at radius 2 is 1.73 bits per heavy atom. The second kappa shape index (κ2) is 15.6. The van der Waals surface area contributed by atoms with E-state index in [9.17, 15) is 14.0 Å². The summed E-state index contributed by atoms with van der Waals surface area (Å²) in [6, 6.07) is 10.9. The van der Waals surface area contributed by atoms with Gasteiger partial charge < -0.3 is 19.7 Å². The fraction of sp³-hybridized carbons (Fsp3) is 0.500. The van der Waals surface area contributed by atoms with Crippen LogP contribution in [0.1, 0.15) is 69.0 Å². The van der Waals surface area contributed by atoms with E-state index in [-0.39, 0.29) is 48.9 Å². The number of methoxy groups -OCH3 is 1. The Hall–Kier alpha value is -3.37. The van der Waals surface area contributed by atoms with Gasteiger partial charge in [-0.05, 0) is 61.1 Å². The number of hydrogen-bond donors (Lipinski definition) is 2. The molecule has 2 aliphatic rings. The molecule has 1 unspecified atom stereocenters. The first-order valence-electron chi connectivity index (χ1n) is 13.8. The number of halogens is 2. The normalized spacial score (nSPS) is 16.4. The summed E-state index contributed by atoms with van der Waals surface area (Å²) in [5.74, 6) is 1.08. The van der Waals surface area contributed by atoms with Crippen molar-refractivity contribution >= 4 is 29.6 Å². The quantitative estimate of drug-likeness (QED) is 0.289. The van der Waals surface area contributed by atoms with Crippen LogP contribution >= 0.6 is 11.6 Å². The molecule has 41 heavy (non-hydrogen) atoms. The Morgan fingerprint density at radius 1 is 1.07 bits per heavy atom. The predicted octanol–water partition coefficient (Wildman–Crippen LogP) is 6.38. The zero-order chi connectivity index (χ0) is 29.9. The predicted molar refractivity (Wildman–Crippen MR) is 152 cm³/mol. The SMILES string of the molecule is COc1cc(CN(CC2CCCCC2)C(C)c2ccc(Cl)c(F)c2)ccc1OCCN1C(=O)CCC1=O.O=C(O)O. The van der Waals surface area contributed by atoms with Crippen LogP contribution in [-0.2, 0) is 16.1 Å². The molecule has 224 valence electrons. The van der Waals surface area contributed by atoms with E-state index in [0.717, 1.165) is 17.7 Å². The number of ether oxygens (including phenoxy) is 2. The standard InChI is InChI=1S/C29H36ClFN2O4.CH2O3/c1-20(23-9-10-24(30)25(31)17-23)32(18-21-6-4-3-5-7-21)19-22-8-11-26(27(16-22)36-2)37-15-14-33-28(34)12-13-29(33)35;2-1(3)4/h8-11,16-17,20-21H,3-7,12-15,18-19H2,1-2H3;(H2,2,3,4). The van der Waals surface area contributed by atoms with Crippen LogP contribution in [0.5, 0.6) is 11.5 Å². The number of rotatable bonds is 11. The lowest BCUT2D eigenvalue weighted by atomic mass is 9.88. The summed E-state index contributed by atoms with van der Waals surface area (Å²) in [4.78, 5) is 35.9. The van der Waals surface area contributed by atoms with Crippen molar-refractivity contribution in [3.8, 4) is 11.5 Å². The molecule has 1 saturated heterocycles. The topological polar surface area (TPSA) is 117 Å². The van der Waals surface area contributed by atoms with Gasteiger partial charge in [-0.1, -0.05) is 43.0 Å². The van der Waals surface area contributed by atoms with Crippen molar-refractivity contribution in [2.45, 2.75) is 64.5 Å². The van der Waals surface area contributed by atoms with Crippen molar-refractivity contribution in [1.82, 2.24) is 9.80 Å². The van der Waals surface area contributed by atoms with Crippen LogP contribution in [-0.4, -0.2) is 64.8 Å². The lowest BCUT2D eigenvalue weighted by molar-refractivity contribution is -0.138. The summed E-state index contributed by atoms with van der Waals surface area (Å²) < 4.78 is 25.7. The first-order valence-corrected chi connectivity index (χ1v) is 14.2. The third-order valence-corrected chi connectivity index (χ3v) is 7.84. The number of nitrogens with zero attached hydrogens (tertiary/aromatic N) is 2. The Morgan fingerprint density at radius 3 is 2.34 bits per heavy atom. The van der Waals surface area contributed by atoms with Crippen LogP contribution < -0.4 is 9.47 Å². The van der Waals surface area contributed by atoms with Gasteiger partial charge in [0.05, 0.1) is 18.7 Å². The molecule has 0 spiro atoms. The molecule has 0 radical (unpaired) electrons. The number of hydrogen-bond acceptors (Lipinski definition) is 6. The molecule has 2 fully saturated rings. The van der Waals surface area contributed by atoms with E-state index in [1.54, 1.807) is 13.2 Å². The molecule has 11 heteroatoms. The van der Waals surface area contributed by atoms with Gasteiger partial charge in [-0.3, -0.25) is 19.4 Å². The van der Waals surface area contributed by atoms with Crippen LogP contribution in [0, 0.1) is 11.7 Å². The monoisotopic (exact) mass is 592 g/mol. The molecule has 1 aliphatic heterocycles. The van der Waals surface area contributed by atoms with E-state index in [2.05, 4.69) is 11.8 Å². The molecule has 2 aromatic rings. The van der Waals surface area contributed by atoms with Crippen LogP contribution in [0.25, 0.3) is 0 Å². The zero-order valence-corrected chi connectivity index (χ0v) is 24.2. The van der Waals surface area contributed by atoms with Crippen molar-refractivity contribution in [3.63, 3.8) is 0 Å². The van der Waals surface area contributed by atoms with E-state index < -0.39 is 12.0 Å². The molecule has 1 heterocycles. The Labute approximate surface area is 244 Å². The van der Waals surface area contributed by atoms with Gasteiger partial charge in [0.1, 0.15) is 12.4 Å². The molecule has 9 nitrogen and oxygen atoms in total. The van der Waals surface area contributed by atoms with Gasteiger partial charge in [-0.2, -0.15) is 0 Å². The maximum atomic E-state index is 14.3. The van der Waals surface area contributed by atoms with E-state index in [0.29, 0.717) is 24.0 Å². The second-order valence-electron chi connectivity index (χ2n) is 10.3. The van der Waals surface area contributed by atoms with Crippen LogP contribution in [0.15, 0.2) is 36.4 Å². The van der Waals surface area contributed by atoms with E-state index in [1.807, 2.05) is 24.3 Å². The molecule has 2 N–H and O–H groups in total. The maximum absolute atomic E-state index is 14.3. The largest absolute Gasteiger partial charge is 0.503 e. The smallest absolute Gasteiger partial charge is 0.493 e. The fourth-order valence-corrected chi connectivity index (χ4v) is 5.44. The summed E-state index contributed by atoms with van der Waals surface area (Å²) >= 11 is 5.94. The van der Waals surface area contributed by atoms with Gasteiger partial charge >= 0.3 is 6.16 Å². The molecule has 0 bridgehead atoms. The molecular formula is C30H38ClFN2O7. The minimum absolute atomic E-state index is 0.00569. The molecule has 1 aliphatic carbocycles. The highest BCUT2D eigenvalue weighted by molar-refractivity contribution is 6.30. The minimum atomic E-state index is -1.83. The Kier molecular flexibility index (Phi) is 12.2. The number of benzene rings is 2. The van der Waals surface area contributed by atoms with Crippen LogP contribution in [0.2, 0.25) is 5.02 Å². The summed E-state index contributed by atoms with van der Waals surface area (Å²) in [5, 5.41) is 14.1. The summed E-state index contributed by atoms with van der Waals surface area (Å²) in [7, 11) is 1.60. The van der Waals surface area contributed by atoms with Gasteiger partial charge in [0, 0.05) is 32.0 Å². The summed E-state index contributed by atoms with van der Waals surface area (Å²) in [6.07, 6.45) is 4.97. The Bertz CT molecular complexity index is 1190. The second-order valence-corrected chi connectivity index (χ2v) is 10.7. The highest BCUT2D eigenvalue weighted by Gasteiger charge is 2.28. The van der Waals surface area contributed by atoms with Crippen molar-refractivity contribution < 1.29 is 38.5 Å². The van der Waals surface area contributed by atoms with E-state index in [4.69, 9.17) is 36.1 Å². The highest BCUT2D eigenvalue weighted by Crippen LogP contribution is 2.33. The minimum Gasteiger partial charge on any atom is -0.493 e. The maximum Gasteiger partial charge on any atom is 0.503 e. The number of amides is 2. The number of carbonyl (C=O) groups excluding carboxylic acids is 2. The van der Waals surface area contributed by atoms with Crippen molar-refractivity contribution in [1.29, 1.82) is 0 Å². The molecule has 1 atom stereocenters. The van der Waals surface area contributed by atoms with E-state index in [1.165, 1.54) is 43.1 Å². The van der Waals surface area contributed by atoms with Crippen molar-refractivity contribution in [3.05, 3.63) is 58.4 Å². The van der Waals surface area contributed by atoms with Gasteiger partial charge in [0.15, 0.2) is 11.5 Å². The van der Waals surface area contributed by atoms with Gasteiger partial charge in [0.25, 0.3) is 0 Å². The first kappa shape index (κ1) is 32.1. The lowest BCUT2D eigenvalue weighted by Crippen LogP contribution is -2.33. The number of imide groups is 1. The number of carboxylic acid groups (broad SMARTS) is 2. The van der Waals surface area contributed by atoms with Crippen LogP contribution in [0.4, 0.5) is 9.18 Å². The van der Waals surface area contributed by atoms with Crippen LogP contribution in [0.3, 0.4) is 0 Å². The molecule has 2 amide bonds. The average Bonchev–Trinajstić information content (AvgIpc) is 3.27. The summed E-state index contributed by atoms with van der Waals surface area (Å²) in [6.45, 7) is 4.16. The lowest BCUT2D eigenvalue weighted by Gasteiger charge is -2.34. The third-order valence-electron chi connectivity index (χ3n) is 7.53. The summed E-state index contributed by atoms with van der Waals surface area (Å²) in [5.41, 5.74) is 1.96. The van der Waals surface area contributed by atoms with Crippen molar-refractivity contribution in [2.75, 3.05) is 26.8 Å². The van der Waals surface area contributed by atoms with Gasteiger partial charge in [-0.25, -0.2) is 9.18 Å². The van der Waals surface area contributed by atoms with Gasteiger partial charge in [-0.15, -0.1) is 0 Å². The zero-order valence-electron chi connectivity index (χ0n) is 23.5. The molecular weight excluding hydrogens is 555 g/mol. The number of carbonyl (C=O) groups is 3. The first-order chi connectivity index (χ1) is 19.6. The molecule has 4 rings (SSSR count). The van der Waals surface area contributed by atoms with Crippen molar-refractivity contribution in [2.24, 2.45) is 5.92 Å². The van der Waals surface area contributed by atoms with E-state index >= 15 is 0 Å². The molecule has 2 aromatic carbocycles. The fourth-order valence-electron chi connectivity index (χ4n) is 5.33. The number of likely N-dealkylation sites (tertiary alicyclic amines) is 1. The molecule has 1 saturated carbocycles. The van der Waals surface area contributed by atoms with Gasteiger partial charge in [0.2, 0.25) is 11.8 Å². The highest BCUT2D eigenvalue weighted by atomic mass is 35.5. The molecule has 0 aromatic heterocycles.